The van der Waals surface area contributed by atoms with Crippen LogP contribution in [0.15, 0.2) is 29.1 Å². The van der Waals surface area contributed by atoms with E-state index in [1.807, 2.05) is 0 Å². The molecule has 2 aromatic rings. The average Bonchev–Trinajstić information content (AvgIpc) is 2.74. The van der Waals surface area contributed by atoms with Crippen molar-refractivity contribution in [2.45, 2.75) is 64.7 Å². The minimum atomic E-state index is -4.48. The van der Waals surface area contributed by atoms with E-state index in [-0.39, 0.29) is 42.9 Å². The highest BCUT2D eigenvalue weighted by molar-refractivity contribution is 5.77. The zero-order valence-electron chi connectivity index (χ0n) is 18.2. The molecule has 0 spiro atoms. The Kier molecular flexibility index (Phi) is 7.38. The quantitative estimate of drug-likeness (QED) is 0.705. The highest BCUT2D eigenvalue weighted by Crippen LogP contribution is 2.30. The molecule has 0 atom stereocenters. The monoisotopic (exact) mass is 451 g/mol. The van der Waals surface area contributed by atoms with Crippen LogP contribution in [0, 0.1) is 12.8 Å². The fourth-order valence-electron chi connectivity index (χ4n) is 4.10. The molecular weight excluding hydrogens is 423 g/mol. The summed E-state index contributed by atoms with van der Waals surface area (Å²) in [6.07, 6.45) is -0.620. The number of hydrogen-bond donors (Lipinski definition) is 2. The summed E-state index contributed by atoms with van der Waals surface area (Å²) in [6, 6.07) is 4.37. The molecule has 1 aliphatic rings. The summed E-state index contributed by atoms with van der Waals surface area (Å²) in [7, 11) is 0. The number of nitrogens with one attached hydrogen (secondary N) is 1. The molecule has 174 valence electrons. The number of halogens is 3. The van der Waals surface area contributed by atoms with Gasteiger partial charge in [0.1, 0.15) is 12.4 Å². The molecule has 1 heterocycles. The molecule has 6 nitrogen and oxygen atoms in total. The van der Waals surface area contributed by atoms with Crippen molar-refractivity contribution < 1.29 is 23.1 Å². The number of hydrogen-bond acceptors (Lipinski definition) is 4. The lowest BCUT2D eigenvalue weighted by Crippen LogP contribution is -2.41. The fraction of sp³-hybridized carbons (Fsp3) is 0.522. The number of carbonyl (C=O) groups is 1. The standard InChI is InChI=1S/C23H28F3N3O3/c1-14-3-9-18(10-4-14)28-20(31)13-29-21(27-15(2)19(11-12-30)22(29)32)16-5-7-17(8-6-16)23(24,25)26/h5-8,14,18,30H,3-4,9-13H2,1-2H3,(H,28,31). The molecule has 2 N–H and O–H groups in total. The average molecular weight is 451 g/mol. The molecule has 0 bridgehead atoms. The number of aromatic nitrogens is 2. The molecule has 32 heavy (non-hydrogen) atoms. The molecule has 1 aromatic heterocycles. The third-order valence-electron chi connectivity index (χ3n) is 5.98. The van der Waals surface area contributed by atoms with E-state index in [1.54, 1.807) is 6.92 Å². The third-order valence-corrected chi connectivity index (χ3v) is 5.98. The van der Waals surface area contributed by atoms with Crippen LogP contribution in [-0.2, 0) is 23.9 Å². The van der Waals surface area contributed by atoms with Crippen molar-refractivity contribution in [1.29, 1.82) is 0 Å². The molecule has 9 heteroatoms. The number of alkyl halides is 3. The first-order valence-corrected chi connectivity index (χ1v) is 10.8. The van der Waals surface area contributed by atoms with Crippen LogP contribution >= 0.6 is 0 Å². The lowest BCUT2D eigenvalue weighted by atomic mass is 9.87. The minimum Gasteiger partial charge on any atom is -0.396 e. The summed E-state index contributed by atoms with van der Waals surface area (Å²) in [6.45, 7) is 3.22. The zero-order chi connectivity index (χ0) is 23.5. The number of amides is 1. The number of carbonyl (C=O) groups excluding carboxylic acids is 1. The number of nitrogens with zero attached hydrogens (tertiary/aromatic N) is 2. The Labute approximate surface area is 184 Å². The van der Waals surface area contributed by atoms with E-state index in [1.165, 1.54) is 16.7 Å². The van der Waals surface area contributed by atoms with Crippen LogP contribution in [0.3, 0.4) is 0 Å². The molecular formula is C23H28F3N3O3. The Morgan fingerprint density at radius 2 is 1.81 bits per heavy atom. The number of rotatable bonds is 6. The van der Waals surface area contributed by atoms with Crippen molar-refractivity contribution in [1.82, 2.24) is 14.9 Å². The van der Waals surface area contributed by atoms with Crippen molar-refractivity contribution in [2.75, 3.05) is 6.61 Å². The van der Waals surface area contributed by atoms with Gasteiger partial charge in [0.15, 0.2) is 0 Å². The first-order chi connectivity index (χ1) is 15.1. The van der Waals surface area contributed by atoms with E-state index in [9.17, 15) is 27.9 Å². The summed E-state index contributed by atoms with van der Waals surface area (Å²) in [5, 5.41) is 12.3. The van der Waals surface area contributed by atoms with Crippen molar-refractivity contribution in [3.8, 4) is 11.4 Å². The van der Waals surface area contributed by atoms with Gasteiger partial charge in [-0.3, -0.25) is 14.2 Å². The lowest BCUT2D eigenvalue weighted by molar-refractivity contribution is -0.137. The largest absolute Gasteiger partial charge is 0.416 e. The molecule has 0 radical (unpaired) electrons. The molecule has 0 saturated heterocycles. The maximum absolute atomic E-state index is 13.1. The van der Waals surface area contributed by atoms with Gasteiger partial charge in [-0.2, -0.15) is 13.2 Å². The summed E-state index contributed by atoms with van der Waals surface area (Å²) >= 11 is 0. The highest BCUT2D eigenvalue weighted by Gasteiger charge is 2.30. The lowest BCUT2D eigenvalue weighted by Gasteiger charge is -2.27. The molecule has 1 fully saturated rings. The van der Waals surface area contributed by atoms with E-state index in [0.29, 0.717) is 17.2 Å². The Balaban J connectivity index is 1.94. The number of benzene rings is 1. The second-order valence-electron chi connectivity index (χ2n) is 8.46. The van der Waals surface area contributed by atoms with Gasteiger partial charge >= 0.3 is 6.18 Å². The topological polar surface area (TPSA) is 84.2 Å². The number of aliphatic hydroxyl groups is 1. The van der Waals surface area contributed by atoms with Crippen LogP contribution in [0.25, 0.3) is 11.4 Å². The molecule has 1 amide bonds. The van der Waals surface area contributed by atoms with Crippen LogP contribution in [-0.4, -0.2) is 33.2 Å². The summed E-state index contributed by atoms with van der Waals surface area (Å²) in [5.41, 5.74) is -0.339. The Morgan fingerprint density at radius 1 is 1.19 bits per heavy atom. The smallest absolute Gasteiger partial charge is 0.396 e. The Bertz CT molecular complexity index is 1010. The SMILES string of the molecule is Cc1nc(-c2ccc(C(F)(F)F)cc2)n(CC(=O)NC2CCC(C)CC2)c(=O)c1CCO. The van der Waals surface area contributed by atoms with Gasteiger partial charge in [0, 0.05) is 35.9 Å². The predicted octanol–water partition coefficient (Wildman–Crippen LogP) is 3.47. The zero-order valence-corrected chi connectivity index (χ0v) is 18.2. The van der Waals surface area contributed by atoms with Crippen molar-refractivity contribution >= 4 is 5.91 Å². The molecule has 0 aliphatic heterocycles. The van der Waals surface area contributed by atoms with Gasteiger partial charge in [0.05, 0.1) is 5.56 Å². The maximum atomic E-state index is 13.1. The number of aryl methyl sites for hydroxylation is 1. The second kappa shape index (κ2) is 9.85. The van der Waals surface area contributed by atoms with Crippen LogP contribution < -0.4 is 10.9 Å². The first-order valence-electron chi connectivity index (χ1n) is 10.8. The molecule has 1 aliphatic carbocycles. The summed E-state index contributed by atoms with van der Waals surface area (Å²) < 4.78 is 40.0. The molecule has 1 saturated carbocycles. The normalized spacial score (nSPS) is 19.1. The van der Waals surface area contributed by atoms with Crippen molar-refractivity contribution in [3.63, 3.8) is 0 Å². The fourth-order valence-corrected chi connectivity index (χ4v) is 4.10. The van der Waals surface area contributed by atoms with E-state index >= 15 is 0 Å². The Hall–Kier alpha value is -2.68. The highest BCUT2D eigenvalue weighted by atomic mass is 19.4. The Morgan fingerprint density at radius 3 is 2.38 bits per heavy atom. The molecule has 1 aromatic carbocycles. The second-order valence-corrected chi connectivity index (χ2v) is 8.46. The van der Waals surface area contributed by atoms with Gasteiger partial charge in [-0.25, -0.2) is 4.98 Å². The van der Waals surface area contributed by atoms with E-state index < -0.39 is 17.3 Å². The van der Waals surface area contributed by atoms with Crippen molar-refractivity contribution in [3.05, 3.63) is 51.4 Å². The van der Waals surface area contributed by atoms with Gasteiger partial charge in [-0.05, 0) is 50.7 Å². The third kappa shape index (κ3) is 5.56. The van der Waals surface area contributed by atoms with Crippen LogP contribution in [0.2, 0.25) is 0 Å². The van der Waals surface area contributed by atoms with Gasteiger partial charge in [0.2, 0.25) is 5.91 Å². The van der Waals surface area contributed by atoms with Gasteiger partial charge in [-0.1, -0.05) is 19.1 Å². The first kappa shape index (κ1) is 24.0. The van der Waals surface area contributed by atoms with E-state index in [0.717, 1.165) is 37.8 Å². The minimum absolute atomic E-state index is 0.0410. The van der Waals surface area contributed by atoms with Crippen LogP contribution in [0.5, 0.6) is 0 Å². The summed E-state index contributed by atoms with van der Waals surface area (Å²) in [5.74, 6) is 0.398. The maximum Gasteiger partial charge on any atom is 0.416 e. The molecule has 0 unspecified atom stereocenters. The van der Waals surface area contributed by atoms with Gasteiger partial charge in [0.25, 0.3) is 5.56 Å². The van der Waals surface area contributed by atoms with E-state index in [4.69, 9.17) is 0 Å². The van der Waals surface area contributed by atoms with E-state index in [2.05, 4.69) is 17.2 Å². The molecule has 3 rings (SSSR count). The predicted molar refractivity (Wildman–Crippen MR) is 114 cm³/mol. The van der Waals surface area contributed by atoms with Crippen molar-refractivity contribution in [2.24, 2.45) is 5.92 Å². The number of aliphatic hydroxyl groups excluding tert-OH is 1. The summed E-state index contributed by atoms with van der Waals surface area (Å²) in [4.78, 5) is 30.3. The van der Waals surface area contributed by atoms with Crippen LogP contribution in [0.1, 0.15) is 49.4 Å². The van der Waals surface area contributed by atoms with Gasteiger partial charge in [-0.15, -0.1) is 0 Å². The van der Waals surface area contributed by atoms with Crippen LogP contribution in [0.4, 0.5) is 13.2 Å². The van der Waals surface area contributed by atoms with Gasteiger partial charge < -0.3 is 10.4 Å².